The van der Waals surface area contributed by atoms with E-state index in [1.54, 1.807) is 0 Å². The normalized spacial score (nSPS) is 34.6. The van der Waals surface area contributed by atoms with Crippen LogP contribution in [0.4, 0.5) is 0 Å². The second kappa shape index (κ2) is 3.23. The molecule has 0 radical (unpaired) electrons. The number of carbonyl (C=O) groups is 1. The van der Waals surface area contributed by atoms with Crippen molar-refractivity contribution in [2.75, 3.05) is 19.6 Å². The summed E-state index contributed by atoms with van der Waals surface area (Å²) in [6, 6.07) is 0. The molecule has 1 amide bonds. The van der Waals surface area contributed by atoms with E-state index in [1.165, 1.54) is 0 Å². The lowest BCUT2D eigenvalue weighted by molar-refractivity contribution is -0.134. The average Bonchev–Trinajstić information content (AvgIpc) is 2.68. The fraction of sp³-hybridized carbons (Fsp3) is 0.909. The van der Waals surface area contributed by atoms with Gasteiger partial charge in [-0.05, 0) is 25.7 Å². The van der Waals surface area contributed by atoms with Crippen LogP contribution in [0, 0.1) is 11.8 Å². The number of fused-ring (bicyclic) bond motifs is 1. The minimum absolute atomic E-state index is 0.0568. The van der Waals surface area contributed by atoms with Gasteiger partial charge in [-0.2, -0.15) is 0 Å². The molecule has 0 aromatic carbocycles. The molecule has 2 atom stereocenters. The smallest absolute Gasteiger partial charge is 0.222 e. The van der Waals surface area contributed by atoms with Gasteiger partial charge in [-0.25, -0.2) is 0 Å². The van der Waals surface area contributed by atoms with Crippen LogP contribution in [0.5, 0.6) is 0 Å². The zero-order valence-corrected chi connectivity index (χ0v) is 9.34. The van der Waals surface area contributed by atoms with Gasteiger partial charge in [0, 0.05) is 31.6 Å². The average molecular weight is 196 g/mol. The largest absolute Gasteiger partial charge is 0.337 e. The lowest BCUT2D eigenvalue weighted by Gasteiger charge is -2.35. The molecule has 0 saturated carbocycles. The topological polar surface area (TPSA) is 32.3 Å². The van der Waals surface area contributed by atoms with Crippen LogP contribution in [0.2, 0.25) is 0 Å². The molecule has 2 saturated heterocycles. The third-order valence-electron chi connectivity index (χ3n) is 3.96. The Morgan fingerprint density at radius 1 is 1.50 bits per heavy atom. The van der Waals surface area contributed by atoms with Crippen LogP contribution in [-0.4, -0.2) is 36.0 Å². The van der Waals surface area contributed by atoms with Crippen LogP contribution in [-0.2, 0) is 4.79 Å². The van der Waals surface area contributed by atoms with E-state index in [0.29, 0.717) is 24.2 Å². The fourth-order valence-corrected chi connectivity index (χ4v) is 3.04. The minimum atomic E-state index is 0.0568. The first-order chi connectivity index (χ1) is 6.57. The van der Waals surface area contributed by atoms with Gasteiger partial charge in [-0.3, -0.25) is 4.79 Å². The predicted octanol–water partition coefficient (Wildman–Crippen LogP) is 0.853. The predicted molar refractivity (Wildman–Crippen MR) is 55.9 cm³/mol. The maximum atomic E-state index is 11.8. The van der Waals surface area contributed by atoms with Gasteiger partial charge in [-0.1, -0.05) is 6.92 Å². The monoisotopic (exact) mass is 196 g/mol. The first-order valence-corrected chi connectivity index (χ1v) is 5.58. The molecule has 2 fully saturated rings. The van der Waals surface area contributed by atoms with Crippen molar-refractivity contribution in [3.05, 3.63) is 0 Å². The number of hydrogen-bond acceptors (Lipinski definition) is 2. The Hall–Kier alpha value is -0.570. The van der Waals surface area contributed by atoms with E-state index in [1.807, 2.05) is 6.92 Å². The Morgan fingerprint density at radius 3 is 2.79 bits per heavy atom. The SMILES string of the molecule is CCC(=O)N1CC2CNCC2C1(C)C. The van der Waals surface area contributed by atoms with Crippen molar-refractivity contribution in [1.29, 1.82) is 0 Å². The van der Waals surface area contributed by atoms with Gasteiger partial charge in [-0.15, -0.1) is 0 Å². The fourth-order valence-electron chi connectivity index (χ4n) is 3.04. The van der Waals surface area contributed by atoms with Crippen molar-refractivity contribution in [2.24, 2.45) is 11.8 Å². The van der Waals surface area contributed by atoms with E-state index < -0.39 is 0 Å². The van der Waals surface area contributed by atoms with Crippen molar-refractivity contribution >= 4 is 5.91 Å². The Balaban J connectivity index is 2.19. The van der Waals surface area contributed by atoms with Crippen LogP contribution in [0.1, 0.15) is 27.2 Å². The van der Waals surface area contributed by atoms with Gasteiger partial charge in [0.15, 0.2) is 0 Å². The molecule has 0 aromatic heterocycles. The van der Waals surface area contributed by atoms with Crippen LogP contribution in [0.15, 0.2) is 0 Å². The molecule has 2 heterocycles. The highest BCUT2D eigenvalue weighted by molar-refractivity contribution is 5.77. The molecule has 1 N–H and O–H groups in total. The van der Waals surface area contributed by atoms with E-state index >= 15 is 0 Å². The van der Waals surface area contributed by atoms with E-state index in [0.717, 1.165) is 19.6 Å². The maximum Gasteiger partial charge on any atom is 0.222 e. The summed E-state index contributed by atoms with van der Waals surface area (Å²) >= 11 is 0. The van der Waals surface area contributed by atoms with Crippen molar-refractivity contribution in [1.82, 2.24) is 10.2 Å². The number of nitrogens with one attached hydrogen (secondary N) is 1. The molecule has 0 aliphatic carbocycles. The third-order valence-corrected chi connectivity index (χ3v) is 3.96. The summed E-state index contributed by atoms with van der Waals surface area (Å²) in [7, 11) is 0. The summed E-state index contributed by atoms with van der Waals surface area (Å²) in [4.78, 5) is 13.9. The summed E-state index contributed by atoms with van der Waals surface area (Å²) in [5.74, 6) is 1.64. The highest BCUT2D eigenvalue weighted by Crippen LogP contribution is 2.40. The first-order valence-electron chi connectivity index (χ1n) is 5.58. The summed E-state index contributed by atoms with van der Waals surface area (Å²) in [6.07, 6.45) is 0.635. The van der Waals surface area contributed by atoms with Gasteiger partial charge < -0.3 is 10.2 Å². The summed E-state index contributed by atoms with van der Waals surface area (Å²) in [5.41, 5.74) is 0.0568. The molecule has 2 aliphatic rings. The quantitative estimate of drug-likeness (QED) is 0.674. The van der Waals surface area contributed by atoms with Crippen molar-refractivity contribution in [3.63, 3.8) is 0 Å². The zero-order valence-electron chi connectivity index (χ0n) is 9.34. The lowest BCUT2D eigenvalue weighted by Crippen LogP contribution is -2.47. The molecule has 3 nitrogen and oxygen atoms in total. The standard InChI is InChI=1S/C11H20N2O/c1-4-10(14)13-7-8-5-12-6-9(8)11(13,2)3/h8-9,12H,4-7H2,1-3H3. The maximum absolute atomic E-state index is 11.8. The van der Waals surface area contributed by atoms with E-state index in [-0.39, 0.29) is 5.54 Å². The summed E-state index contributed by atoms with van der Waals surface area (Å²) in [6.45, 7) is 9.48. The van der Waals surface area contributed by atoms with Gasteiger partial charge in [0.05, 0.1) is 0 Å². The van der Waals surface area contributed by atoms with Crippen LogP contribution < -0.4 is 5.32 Å². The summed E-state index contributed by atoms with van der Waals surface area (Å²) < 4.78 is 0. The Kier molecular flexibility index (Phi) is 2.30. The number of amides is 1. The molecule has 2 unspecified atom stereocenters. The molecule has 0 aromatic rings. The third kappa shape index (κ3) is 1.26. The molecule has 14 heavy (non-hydrogen) atoms. The number of hydrogen-bond donors (Lipinski definition) is 1. The molecule has 2 rings (SSSR count). The van der Waals surface area contributed by atoms with Gasteiger partial charge in [0.1, 0.15) is 0 Å². The Morgan fingerprint density at radius 2 is 2.21 bits per heavy atom. The van der Waals surface area contributed by atoms with Gasteiger partial charge in [0.2, 0.25) is 5.91 Å². The molecule has 0 bridgehead atoms. The molecule has 0 spiro atoms. The van der Waals surface area contributed by atoms with E-state index in [9.17, 15) is 4.79 Å². The van der Waals surface area contributed by atoms with E-state index in [4.69, 9.17) is 0 Å². The van der Waals surface area contributed by atoms with E-state index in [2.05, 4.69) is 24.1 Å². The molecular formula is C11H20N2O. The minimum Gasteiger partial charge on any atom is -0.337 e. The molecular weight excluding hydrogens is 176 g/mol. The second-order valence-corrected chi connectivity index (χ2v) is 5.04. The van der Waals surface area contributed by atoms with Crippen LogP contribution >= 0.6 is 0 Å². The Bertz CT molecular complexity index is 250. The van der Waals surface area contributed by atoms with Gasteiger partial charge in [0.25, 0.3) is 0 Å². The number of rotatable bonds is 1. The highest BCUT2D eigenvalue weighted by Gasteiger charge is 2.50. The lowest BCUT2D eigenvalue weighted by atomic mass is 9.85. The number of carbonyl (C=O) groups excluding carboxylic acids is 1. The molecule has 80 valence electrons. The molecule has 2 aliphatic heterocycles. The van der Waals surface area contributed by atoms with Crippen molar-refractivity contribution in [3.8, 4) is 0 Å². The number of nitrogens with zero attached hydrogens (tertiary/aromatic N) is 1. The summed E-state index contributed by atoms with van der Waals surface area (Å²) in [5, 5.41) is 3.42. The van der Waals surface area contributed by atoms with Crippen molar-refractivity contribution < 1.29 is 4.79 Å². The Labute approximate surface area is 85.8 Å². The van der Waals surface area contributed by atoms with Gasteiger partial charge >= 0.3 is 0 Å². The number of likely N-dealkylation sites (tertiary alicyclic amines) is 1. The van der Waals surface area contributed by atoms with Crippen molar-refractivity contribution in [2.45, 2.75) is 32.7 Å². The second-order valence-electron chi connectivity index (χ2n) is 5.04. The van der Waals surface area contributed by atoms with Crippen LogP contribution in [0.3, 0.4) is 0 Å². The van der Waals surface area contributed by atoms with Crippen LogP contribution in [0.25, 0.3) is 0 Å². The molecule has 3 heteroatoms. The highest BCUT2D eigenvalue weighted by atomic mass is 16.2. The first kappa shape index (κ1) is 9.97. The zero-order chi connectivity index (χ0) is 10.3.